The first-order valence-electron chi connectivity index (χ1n) is 8.38. The molecule has 0 saturated heterocycles. The van der Waals surface area contributed by atoms with Crippen LogP contribution in [-0.4, -0.2) is 7.11 Å². The first kappa shape index (κ1) is 17.5. The van der Waals surface area contributed by atoms with Gasteiger partial charge in [-0.2, -0.15) is 0 Å². The Balaban J connectivity index is 1.95. The molecule has 0 aliphatic rings. The molecule has 0 aliphatic carbocycles. The normalized spacial score (nSPS) is 13.2. The molecule has 2 nitrogen and oxygen atoms in total. The molecule has 0 bridgehead atoms. The van der Waals surface area contributed by atoms with Crippen molar-refractivity contribution in [3.05, 3.63) is 101 Å². The van der Waals surface area contributed by atoms with Crippen LogP contribution in [-0.2, 0) is 0 Å². The summed E-state index contributed by atoms with van der Waals surface area (Å²) < 4.78 is 5.28. The van der Waals surface area contributed by atoms with Crippen molar-refractivity contribution in [2.45, 2.75) is 18.4 Å². The predicted molar refractivity (Wildman–Crippen MR) is 104 cm³/mol. The van der Waals surface area contributed by atoms with Crippen LogP contribution in [0.3, 0.4) is 0 Å². The van der Waals surface area contributed by atoms with Crippen molar-refractivity contribution < 1.29 is 4.74 Å². The van der Waals surface area contributed by atoms with E-state index in [2.05, 4.69) is 30.3 Å². The van der Waals surface area contributed by atoms with E-state index in [-0.39, 0.29) is 12.0 Å². The Labute approximate surface area is 154 Å². The van der Waals surface area contributed by atoms with E-state index in [1.54, 1.807) is 7.11 Å². The van der Waals surface area contributed by atoms with E-state index >= 15 is 0 Å². The standard InChI is InChI=1S/C22H22ClNO/c1-25-18-13-11-16(12-14-18)20(19-9-5-6-10-21(19)23)15-22(24)17-7-3-2-4-8-17/h2-14,20,22H,15,24H2,1H3. The van der Waals surface area contributed by atoms with Crippen LogP contribution >= 0.6 is 11.6 Å². The molecule has 2 unspecified atom stereocenters. The van der Waals surface area contributed by atoms with E-state index in [1.807, 2.05) is 48.5 Å². The first-order chi connectivity index (χ1) is 12.2. The number of rotatable bonds is 6. The number of benzene rings is 3. The summed E-state index contributed by atoms with van der Waals surface area (Å²) in [4.78, 5) is 0. The van der Waals surface area contributed by atoms with Crippen molar-refractivity contribution >= 4 is 11.6 Å². The molecule has 0 aliphatic heterocycles. The third-order valence-corrected chi connectivity index (χ3v) is 4.86. The van der Waals surface area contributed by atoms with Crippen molar-refractivity contribution in [1.82, 2.24) is 0 Å². The molecular weight excluding hydrogens is 330 g/mol. The highest BCUT2D eigenvalue weighted by molar-refractivity contribution is 6.31. The zero-order chi connectivity index (χ0) is 17.6. The van der Waals surface area contributed by atoms with Crippen molar-refractivity contribution in [2.75, 3.05) is 7.11 Å². The van der Waals surface area contributed by atoms with E-state index in [0.29, 0.717) is 0 Å². The van der Waals surface area contributed by atoms with Crippen molar-refractivity contribution in [3.8, 4) is 5.75 Å². The van der Waals surface area contributed by atoms with Crippen LogP contribution in [0.5, 0.6) is 5.75 Å². The minimum Gasteiger partial charge on any atom is -0.497 e. The summed E-state index contributed by atoms with van der Waals surface area (Å²) in [5.74, 6) is 0.962. The number of ether oxygens (including phenoxy) is 1. The SMILES string of the molecule is COc1ccc(C(CC(N)c2ccccc2)c2ccccc2Cl)cc1. The average Bonchev–Trinajstić information content (AvgIpc) is 2.67. The maximum Gasteiger partial charge on any atom is 0.118 e. The Hall–Kier alpha value is -2.29. The van der Waals surface area contributed by atoms with Gasteiger partial charge >= 0.3 is 0 Å². The summed E-state index contributed by atoms with van der Waals surface area (Å²) in [7, 11) is 1.67. The molecule has 2 N–H and O–H groups in total. The molecule has 0 heterocycles. The van der Waals surface area contributed by atoms with Gasteiger partial charge in [0.2, 0.25) is 0 Å². The fourth-order valence-corrected chi connectivity index (χ4v) is 3.39. The second-order valence-corrected chi connectivity index (χ2v) is 6.51. The van der Waals surface area contributed by atoms with Gasteiger partial charge in [0.1, 0.15) is 5.75 Å². The number of nitrogens with two attached hydrogens (primary N) is 1. The molecule has 0 saturated carbocycles. The maximum absolute atomic E-state index is 6.51. The van der Waals surface area contributed by atoms with Gasteiger partial charge in [-0.05, 0) is 41.3 Å². The lowest BCUT2D eigenvalue weighted by atomic mass is 9.84. The fourth-order valence-electron chi connectivity index (χ4n) is 3.13. The van der Waals surface area contributed by atoms with Crippen LogP contribution in [0.2, 0.25) is 5.02 Å². The van der Waals surface area contributed by atoms with E-state index in [0.717, 1.165) is 28.3 Å². The zero-order valence-corrected chi connectivity index (χ0v) is 15.0. The van der Waals surface area contributed by atoms with Crippen LogP contribution < -0.4 is 10.5 Å². The van der Waals surface area contributed by atoms with Crippen LogP contribution in [0, 0.1) is 0 Å². The Morgan fingerprint density at radius 3 is 2.12 bits per heavy atom. The Morgan fingerprint density at radius 2 is 1.48 bits per heavy atom. The molecule has 0 aromatic heterocycles. The lowest BCUT2D eigenvalue weighted by molar-refractivity contribution is 0.414. The van der Waals surface area contributed by atoms with Gasteiger partial charge in [-0.25, -0.2) is 0 Å². The highest BCUT2D eigenvalue weighted by Gasteiger charge is 2.21. The van der Waals surface area contributed by atoms with Gasteiger partial charge < -0.3 is 10.5 Å². The summed E-state index contributed by atoms with van der Waals surface area (Å²) in [6.07, 6.45) is 0.778. The van der Waals surface area contributed by atoms with Crippen LogP contribution in [0.1, 0.15) is 35.1 Å². The Bertz CT molecular complexity index is 802. The fraction of sp³-hybridized carbons (Fsp3) is 0.182. The van der Waals surface area contributed by atoms with Crippen molar-refractivity contribution in [2.24, 2.45) is 5.73 Å². The Morgan fingerprint density at radius 1 is 0.840 bits per heavy atom. The van der Waals surface area contributed by atoms with Crippen LogP contribution in [0.15, 0.2) is 78.9 Å². The highest BCUT2D eigenvalue weighted by atomic mass is 35.5. The minimum atomic E-state index is -0.0652. The molecule has 0 fully saturated rings. The molecule has 3 heteroatoms. The quantitative estimate of drug-likeness (QED) is 0.630. The molecule has 3 aromatic rings. The smallest absolute Gasteiger partial charge is 0.118 e. The van der Waals surface area contributed by atoms with E-state index in [4.69, 9.17) is 22.1 Å². The van der Waals surface area contributed by atoms with E-state index < -0.39 is 0 Å². The summed E-state index contributed by atoms with van der Waals surface area (Å²) in [6, 6.07) is 26.2. The monoisotopic (exact) mass is 351 g/mol. The molecule has 0 radical (unpaired) electrons. The number of halogens is 1. The first-order valence-corrected chi connectivity index (χ1v) is 8.75. The summed E-state index contributed by atoms with van der Waals surface area (Å²) in [5.41, 5.74) is 9.92. The lowest BCUT2D eigenvalue weighted by Crippen LogP contribution is -2.15. The van der Waals surface area contributed by atoms with Crippen LogP contribution in [0.4, 0.5) is 0 Å². The predicted octanol–water partition coefficient (Wildman–Crippen LogP) is 5.57. The van der Waals surface area contributed by atoms with Gasteiger partial charge in [0, 0.05) is 17.0 Å². The molecule has 2 atom stereocenters. The van der Waals surface area contributed by atoms with Gasteiger partial charge in [0.15, 0.2) is 0 Å². The van der Waals surface area contributed by atoms with E-state index in [9.17, 15) is 0 Å². The molecule has 128 valence electrons. The maximum atomic E-state index is 6.51. The molecule has 3 rings (SSSR count). The number of hydrogen-bond acceptors (Lipinski definition) is 2. The van der Waals surface area contributed by atoms with Gasteiger partial charge in [-0.15, -0.1) is 0 Å². The largest absolute Gasteiger partial charge is 0.497 e. The molecule has 0 amide bonds. The van der Waals surface area contributed by atoms with Gasteiger partial charge in [-0.1, -0.05) is 72.3 Å². The molecular formula is C22H22ClNO. The van der Waals surface area contributed by atoms with Gasteiger partial charge in [0.05, 0.1) is 7.11 Å². The highest BCUT2D eigenvalue weighted by Crippen LogP contribution is 2.37. The topological polar surface area (TPSA) is 35.2 Å². The second kappa shape index (κ2) is 8.19. The molecule has 3 aromatic carbocycles. The molecule has 0 spiro atoms. The summed E-state index contributed by atoms with van der Waals surface area (Å²) >= 11 is 6.49. The lowest BCUT2D eigenvalue weighted by Gasteiger charge is -2.23. The van der Waals surface area contributed by atoms with Crippen molar-refractivity contribution in [1.29, 1.82) is 0 Å². The zero-order valence-electron chi connectivity index (χ0n) is 14.2. The third-order valence-electron chi connectivity index (χ3n) is 4.52. The van der Waals surface area contributed by atoms with Crippen molar-refractivity contribution in [3.63, 3.8) is 0 Å². The van der Waals surface area contributed by atoms with Gasteiger partial charge in [-0.3, -0.25) is 0 Å². The molecule has 25 heavy (non-hydrogen) atoms. The number of methoxy groups -OCH3 is 1. The van der Waals surface area contributed by atoms with Gasteiger partial charge in [0.25, 0.3) is 0 Å². The Kier molecular flexibility index (Phi) is 5.75. The summed E-state index contributed by atoms with van der Waals surface area (Å²) in [5, 5.41) is 0.767. The second-order valence-electron chi connectivity index (χ2n) is 6.10. The van der Waals surface area contributed by atoms with Crippen LogP contribution in [0.25, 0.3) is 0 Å². The van der Waals surface area contributed by atoms with E-state index in [1.165, 1.54) is 5.56 Å². The average molecular weight is 352 g/mol. The third kappa shape index (κ3) is 4.22. The summed E-state index contributed by atoms with van der Waals surface area (Å²) in [6.45, 7) is 0. The minimum absolute atomic E-state index is 0.0652. The number of hydrogen-bond donors (Lipinski definition) is 1.